The van der Waals surface area contributed by atoms with Crippen LogP contribution in [0.5, 0.6) is 0 Å². The van der Waals surface area contributed by atoms with Crippen LogP contribution in [0, 0.1) is 0 Å². The van der Waals surface area contributed by atoms with Gasteiger partial charge in [-0.1, -0.05) is 54.1 Å². The van der Waals surface area contributed by atoms with Crippen LogP contribution in [0.1, 0.15) is 0 Å². The molecule has 0 saturated carbocycles. The summed E-state index contributed by atoms with van der Waals surface area (Å²) in [5.41, 5.74) is 1.69. The Morgan fingerprint density at radius 1 is 0.938 bits per heavy atom. The molecule has 9 nitrogen and oxygen atoms in total. The van der Waals surface area contributed by atoms with Gasteiger partial charge in [-0.25, -0.2) is 23.0 Å². The Kier molecular flexibility index (Phi) is 5.91. The monoisotopic (exact) mass is 468 g/mol. The maximum atomic E-state index is 12.5. The second kappa shape index (κ2) is 8.79. The first-order chi connectivity index (χ1) is 15.3. The van der Waals surface area contributed by atoms with Crippen LogP contribution in [0.15, 0.2) is 83.8 Å². The average Bonchev–Trinajstić information content (AvgIpc) is 3.17. The maximum Gasteiger partial charge on any atom is 0.326 e. The first kappa shape index (κ1) is 21.5. The van der Waals surface area contributed by atoms with E-state index in [-0.39, 0.29) is 16.5 Å². The number of hydrogen-bond donors (Lipinski definition) is 3. The van der Waals surface area contributed by atoms with E-state index in [0.29, 0.717) is 16.5 Å². The normalized spacial score (nSPS) is 11.2. The Hall–Kier alpha value is -3.73. The maximum absolute atomic E-state index is 12.5. The quantitative estimate of drug-likeness (QED) is 0.409. The number of rotatable bonds is 5. The predicted molar refractivity (Wildman–Crippen MR) is 122 cm³/mol. The van der Waals surface area contributed by atoms with E-state index >= 15 is 0 Å². The Morgan fingerprint density at radius 3 is 2.41 bits per heavy atom. The zero-order valence-electron chi connectivity index (χ0n) is 16.4. The third kappa shape index (κ3) is 4.94. The Morgan fingerprint density at radius 2 is 1.69 bits per heavy atom. The number of sulfonamides is 1. The number of urea groups is 1. The van der Waals surface area contributed by atoms with Crippen LogP contribution >= 0.6 is 11.6 Å². The molecule has 0 aliphatic rings. The van der Waals surface area contributed by atoms with Gasteiger partial charge in [-0.2, -0.15) is 4.98 Å². The molecule has 0 saturated heterocycles. The number of amides is 2. The van der Waals surface area contributed by atoms with Crippen LogP contribution in [0.4, 0.5) is 16.4 Å². The van der Waals surface area contributed by atoms with Gasteiger partial charge >= 0.3 is 6.03 Å². The van der Waals surface area contributed by atoms with Gasteiger partial charge in [-0.3, -0.25) is 5.32 Å². The van der Waals surface area contributed by atoms with Crippen molar-refractivity contribution in [3.05, 3.63) is 83.9 Å². The Labute approximate surface area is 188 Å². The number of anilines is 2. The number of hydrogen-bond acceptors (Lipinski definition) is 5. The van der Waals surface area contributed by atoms with Crippen LogP contribution in [-0.4, -0.2) is 29.2 Å². The van der Waals surface area contributed by atoms with E-state index in [1.807, 2.05) is 36.4 Å². The summed E-state index contributed by atoms with van der Waals surface area (Å²) >= 11 is 6.13. The molecule has 11 heteroatoms. The highest BCUT2D eigenvalue weighted by atomic mass is 35.5. The van der Waals surface area contributed by atoms with E-state index in [2.05, 4.69) is 20.7 Å². The Balaban J connectivity index is 1.62. The largest absolute Gasteiger partial charge is 0.326 e. The molecule has 0 bridgehead atoms. The van der Waals surface area contributed by atoms with Crippen molar-refractivity contribution in [3.8, 4) is 17.1 Å². The number of nitrogens with zero attached hydrogens (tertiary/aromatic N) is 3. The van der Waals surface area contributed by atoms with Gasteiger partial charge in [0.1, 0.15) is 0 Å². The number of carbonyl (C=O) groups is 1. The first-order valence-corrected chi connectivity index (χ1v) is 11.2. The molecule has 0 spiro atoms. The lowest BCUT2D eigenvalue weighted by atomic mass is 10.2. The van der Waals surface area contributed by atoms with Crippen molar-refractivity contribution in [1.82, 2.24) is 14.8 Å². The minimum absolute atomic E-state index is 0.0453. The molecular formula is C21H17ClN6O3S. The molecule has 162 valence electrons. The van der Waals surface area contributed by atoms with Crippen molar-refractivity contribution in [3.63, 3.8) is 0 Å². The second-order valence-corrected chi connectivity index (χ2v) is 8.67. The second-order valence-electron chi connectivity index (χ2n) is 6.67. The van der Waals surface area contributed by atoms with Gasteiger partial charge in [0, 0.05) is 16.3 Å². The molecule has 0 radical (unpaired) electrons. The van der Waals surface area contributed by atoms with E-state index in [4.69, 9.17) is 16.7 Å². The summed E-state index contributed by atoms with van der Waals surface area (Å²) in [4.78, 5) is 16.8. The minimum atomic E-state index is -3.90. The lowest BCUT2D eigenvalue weighted by Crippen LogP contribution is -2.21. The van der Waals surface area contributed by atoms with Gasteiger partial charge in [0.2, 0.25) is 10.0 Å². The fraction of sp³-hybridized carbons (Fsp3) is 0. The highest BCUT2D eigenvalue weighted by molar-refractivity contribution is 7.89. The van der Waals surface area contributed by atoms with Crippen LogP contribution in [0.3, 0.4) is 0 Å². The summed E-state index contributed by atoms with van der Waals surface area (Å²) in [6.07, 6.45) is 0. The van der Waals surface area contributed by atoms with Gasteiger partial charge in [-0.15, -0.1) is 5.10 Å². The Bertz CT molecular complexity index is 1390. The van der Waals surface area contributed by atoms with Gasteiger partial charge in [0.15, 0.2) is 5.82 Å². The number of carbonyl (C=O) groups excluding carboxylic acids is 1. The van der Waals surface area contributed by atoms with E-state index in [9.17, 15) is 13.2 Å². The highest BCUT2D eigenvalue weighted by Gasteiger charge is 2.16. The van der Waals surface area contributed by atoms with Crippen LogP contribution in [-0.2, 0) is 10.0 Å². The van der Waals surface area contributed by atoms with Crippen LogP contribution in [0.25, 0.3) is 17.1 Å². The van der Waals surface area contributed by atoms with E-state index < -0.39 is 16.1 Å². The molecule has 3 aromatic carbocycles. The summed E-state index contributed by atoms with van der Waals surface area (Å²) in [5.74, 6) is 0.545. The van der Waals surface area contributed by atoms with Crippen molar-refractivity contribution in [2.75, 3.05) is 10.6 Å². The molecule has 32 heavy (non-hydrogen) atoms. The fourth-order valence-electron chi connectivity index (χ4n) is 2.94. The number of benzene rings is 3. The van der Waals surface area contributed by atoms with E-state index in [1.54, 1.807) is 22.9 Å². The van der Waals surface area contributed by atoms with Crippen molar-refractivity contribution in [2.45, 2.75) is 4.90 Å². The summed E-state index contributed by atoms with van der Waals surface area (Å²) in [6, 6.07) is 21.3. The third-order valence-corrected chi connectivity index (χ3v) is 5.48. The summed E-state index contributed by atoms with van der Waals surface area (Å²) in [6.45, 7) is 0. The lowest BCUT2D eigenvalue weighted by molar-refractivity contribution is 0.262. The predicted octanol–water partition coefficient (Wildman–Crippen LogP) is 3.88. The van der Waals surface area contributed by atoms with Gasteiger partial charge in [-0.05, 0) is 36.4 Å². The number of primary sulfonamides is 1. The fourth-order valence-corrected chi connectivity index (χ4v) is 3.69. The zero-order chi connectivity index (χ0) is 22.7. The third-order valence-electron chi connectivity index (χ3n) is 4.34. The number of aromatic nitrogens is 3. The molecule has 4 aromatic rings. The molecule has 0 fully saturated rings. The zero-order valence-corrected chi connectivity index (χ0v) is 18.0. The molecule has 0 unspecified atom stereocenters. The molecule has 4 N–H and O–H groups in total. The van der Waals surface area contributed by atoms with Crippen molar-refractivity contribution in [2.24, 2.45) is 5.14 Å². The standard InChI is InChI=1S/C21H17ClN6O3S/c22-15-8-4-10-17(12-15)28-19(14-6-2-1-3-7-14)25-20(27-28)26-21(29)24-16-9-5-11-18(13-16)32(23,30)31/h1-13H,(H2,23,30,31)(H2,24,26,27,29). The SMILES string of the molecule is NS(=O)(=O)c1cccc(NC(=O)Nc2nc(-c3ccccc3)n(-c3cccc(Cl)c3)n2)c1. The molecular weight excluding hydrogens is 452 g/mol. The van der Waals surface area contributed by atoms with Crippen molar-refractivity contribution in [1.29, 1.82) is 0 Å². The van der Waals surface area contributed by atoms with Crippen LogP contribution < -0.4 is 15.8 Å². The smallest absolute Gasteiger partial charge is 0.308 e. The molecule has 2 amide bonds. The minimum Gasteiger partial charge on any atom is -0.308 e. The molecule has 1 aromatic heterocycles. The van der Waals surface area contributed by atoms with E-state index in [0.717, 1.165) is 5.56 Å². The number of nitrogens with two attached hydrogens (primary N) is 1. The summed E-state index contributed by atoms with van der Waals surface area (Å²) in [5, 5.41) is 15.2. The summed E-state index contributed by atoms with van der Waals surface area (Å²) < 4.78 is 24.6. The first-order valence-electron chi connectivity index (χ1n) is 9.29. The van der Waals surface area contributed by atoms with Gasteiger partial charge < -0.3 is 5.32 Å². The molecule has 0 atom stereocenters. The van der Waals surface area contributed by atoms with Crippen LogP contribution in [0.2, 0.25) is 5.02 Å². The number of nitrogens with one attached hydrogen (secondary N) is 2. The molecule has 4 rings (SSSR count). The van der Waals surface area contributed by atoms with Crippen molar-refractivity contribution >= 4 is 39.3 Å². The lowest BCUT2D eigenvalue weighted by Gasteiger charge is -2.06. The molecule has 0 aliphatic carbocycles. The number of halogens is 1. The molecule has 0 aliphatic heterocycles. The van der Waals surface area contributed by atoms with Crippen molar-refractivity contribution < 1.29 is 13.2 Å². The topological polar surface area (TPSA) is 132 Å². The molecule has 1 heterocycles. The van der Waals surface area contributed by atoms with E-state index in [1.165, 1.54) is 24.3 Å². The van der Waals surface area contributed by atoms with Gasteiger partial charge in [0.05, 0.1) is 10.6 Å². The average molecular weight is 469 g/mol. The summed E-state index contributed by atoms with van der Waals surface area (Å²) in [7, 11) is -3.90. The highest BCUT2D eigenvalue weighted by Crippen LogP contribution is 2.24. The van der Waals surface area contributed by atoms with Gasteiger partial charge in [0.25, 0.3) is 5.95 Å².